The molecule has 62 valence electrons. The maximum absolute atomic E-state index is 11.2. The van der Waals surface area contributed by atoms with Gasteiger partial charge in [0.1, 0.15) is 0 Å². The van der Waals surface area contributed by atoms with Crippen LogP contribution in [0.2, 0.25) is 0 Å². The Kier molecular flexibility index (Phi) is 1.60. The van der Waals surface area contributed by atoms with Crippen LogP contribution in [-0.4, -0.2) is 25.0 Å². The molecule has 1 aliphatic carbocycles. The molecule has 1 saturated carbocycles. The van der Waals surface area contributed by atoms with Crippen molar-refractivity contribution in [2.24, 2.45) is 5.92 Å². The zero-order chi connectivity index (χ0) is 7.84. The molecule has 2 rings (SSSR count). The summed E-state index contributed by atoms with van der Waals surface area (Å²) >= 11 is 0. The van der Waals surface area contributed by atoms with Crippen molar-refractivity contribution in [3.63, 3.8) is 0 Å². The van der Waals surface area contributed by atoms with Gasteiger partial charge in [-0.2, -0.15) is 0 Å². The molecule has 1 amide bonds. The number of hydrogen-bond donors (Lipinski definition) is 2. The molecule has 2 bridgehead atoms. The summed E-state index contributed by atoms with van der Waals surface area (Å²) in [5.41, 5.74) is 0. The number of fused-ring (bicyclic) bond motifs is 2. The predicted molar refractivity (Wildman–Crippen MR) is 42.1 cm³/mol. The van der Waals surface area contributed by atoms with Gasteiger partial charge in [0.05, 0.1) is 6.04 Å². The molecule has 0 aromatic carbocycles. The zero-order valence-electron chi connectivity index (χ0n) is 6.76. The summed E-state index contributed by atoms with van der Waals surface area (Å²) in [5.74, 6) is 0.775. The van der Waals surface area contributed by atoms with Crippen molar-refractivity contribution >= 4 is 5.91 Å². The van der Waals surface area contributed by atoms with E-state index in [0.717, 1.165) is 0 Å². The fourth-order valence-corrected chi connectivity index (χ4v) is 2.31. The lowest BCUT2D eigenvalue weighted by Crippen LogP contribution is -2.46. The topological polar surface area (TPSA) is 41.1 Å². The van der Waals surface area contributed by atoms with Crippen LogP contribution in [0.5, 0.6) is 0 Å². The molecule has 0 aromatic rings. The van der Waals surface area contributed by atoms with Crippen LogP contribution in [0.25, 0.3) is 0 Å². The number of piperidine rings is 1. The monoisotopic (exact) mass is 154 g/mol. The van der Waals surface area contributed by atoms with Gasteiger partial charge >= 0.3 is 0 Å². The minimum atomic E-state index is 0.110. The van der Waals surface area contributed by atoms with Crippen LogP contribution in [0.4, 0.5) is 0 Å². The van der Waals surface area contributed by atoms with Crippen LogP contribution in [-0.2, 0) is 4.79 Å². The summed E-state index contributed by atoms with van der Waals surface area (Å²) in [6.07, 6.45) is 3.70. The number of nitrogens with one attached hydrogen (secondary N) is 2. The second-order valence-corrected chi connectivity index (χ2v) is 3.53. The Balaban J connectivity index is 2.02. The molecule has 3 heteroatoms. The first-order valence-corrected chi connectivity index (χ1v) is 4.29. The summed E-state index contributed by atoms with van der Waals surface area (Å²) in [5, 5.41) is 6.02. The lowest BCUT2D eigenvalue weighted by atomic mass is 9.99. The molecule has 3 atom stereocenters. The van der Waals surface area contributed by atoms with E-state index in [0.29, 0.717) is 12.0 Å². The molecule has 0 spiro atoms. The number of rotatable bonds is 1. The van der Waals surface area contributed by atoms with Crippen LogP contribution in [0.1, 0.15) is 19.3 Å². The van der Waals surface area contributed by atoms with Crippen molar-refractivity contribution in [3.8, 4) is 0 Å². The molecule has 1 heterocycles. The minimum absolute atomic E-state index is 0.110. The number of hydrogen-bond acceptors (Lipinski definition) is 2. The highest BCUT2D eigenvalue weighted by Crippen LogP contribution is 2.34. The van der Waals surface area contributed by atoms with E-state index >= 15 is 0 Å². The first-order valence-electron chi connectivity index (χ1n) is 4.29. The SMILES string of the molecule is CNC(=O)[C@H]1NC2CCC1C2. The van der Waals surface area contributed by atoms with Gasteiger partial charge in [-0.3, -0.25) is 4.79 Å². The predicted octanol–water partition coefficient (Wildman–Crippen LogP) is -0.127. The number of amides is 1. The lowest BCUT2D eigenvalue weighted by molar-refractivity contribution is -0.123. The normalized spacial score (nSPS) is 41.0. The summed E-state index contributed by atoms with van der Waals surface area (Å²) < 4.78 is 0. The van der Waals surface area contributed by atoms with Crippen molar-refractivity contribution in [1.82, 2.24) is 10.6 Å². The molecular formula is C8H14N2O. The number of likely N-dealkylation sites (N-methyl/N-ethyl adjacent to an activating group) is 1. The third-order valence-corrected chi connectivity index (χ3v) is 2.89. The van der Waals surface area contributed by atoms with Crippen molar-refractivity contribution in [2.75, 3.05) is 7.05 Å². The van der Waals surface area contributed by atoms with Gasteiger partial charge in [0.15, 0.2) is 0 Å². The maximum Gasteiger partial charge on any atom is 0.237 e. The number of carbonyl (C=O) groups is 1. The molecule has 0 radical (unpaired) electrons. The fourth-order valence-electron chi connectivity index (χ4n) is 2.31. The minimum Gasteiger partial charge on any atom is -0.358 e. The van der Waals surface area contributed by atoms with Gasteiger partial charge in [0, 0.05) is 13.1 Å². The van der Waals surface area contributed by atoms with E-state index in [1.807, 2.05) is 0 Å². The van der Waals surface area contributed by atoms with Gasteiger partial charge in [-0.05, 0) is 25.2 Å². The molecule has 2 aliphatic rings. The highest BCUT2D eigenvalue weighted by molar-refractivity contribution is 5.82. The molecule has 3 nitrogen and oxygen atoms in total. The van der Waals surface area contributed by atoms with E-state index in [-0.39, 0.29) is 11.9 Å². The largest absolute Gasteiger partial charge is 0.358 e. The Bertz CT molecular complexity index is 181. The van der Waals surface area contributed by atoms with Crippen molar-refractivity contribution in [3.05, 3.63) is 0 Å². The molecule has 2 unspecified atom stereocenters. The third kappa shape index (κ3) is 1.03. The molecule has 1 saturated heterocycles. The Morgan fingerprint density at radius 3 is 2.82 bits per heavy atom. The molecule has 11 heavy (non-hydrogen) atoms. The highest BCUT2D eigenvalue weighted by atomic mass is 16.2. The Hall–Kier alpha value is -0.570. The second-order valence-electron chi connectivity index (χ2n) is 3.53. The van der Waals surface area contributed by atoms with Gasteiger partial charge in [-0.15, -0.1) is 0 Å². The van der Waals surface area contributed by atoms with E-state index in [4.69, 9.17) is 0 Å². The van der Waals surface area contributed by atoms with E-state index in [9.17, 15) is 4.79 Å². The van der Waals surface area contributed by atoms with E-state index in [2.05, 4.69) is 10.6 Å². The molecule has 0 aromatic heterocycles. The summed E-state index contributed by atoms with van der Waals surface area (Å²) in [4.78, 5) is 11.2. The van der Waals surface area contributed by atoms with Crippen molar-refractivity contribution in [1.29, 1.82) is 0 Å². The lowest BCUT2D eigenvalue weighted by Gasteiger charge is -2.20. The first-order chi connectivity index (χ1) is 5.31. The van der Waals surface area contributed by atoms with Gasteiger partial charge in [-0.1, -0.05) is 0 Å². The Morgan fingerprint density at radius 1 is 1.55 bits per heavy atom. The number of carbonyl (C=O) groups excluding carboxylic acids is 1. The van der Waals surface area contributed by atoms with E-state index < -0.39 is 0 Å². The average molecular weight is 154 g/mol. The van der Waals surface area contributed by atoms with E-state index in [1.165, 1.54) is 19.3 Å². The van der Waals surface area contributed by atoms with Crippen LogP contribution in [0.15, 0.2) is 0 Å². The van der Waals surface area contributed by atoms with Crippen LogP contribution in [0, 0.1) is 5.92 Å². The fraction of sp³-hybridized carbons (Fsp3) is 0.875. The Morgan fingerprint density at radius 2 is 2.36 bits per heavy atom. The molecule has 2 N–H and O–H groups in total. The Labute approximate surface area is 66.5 Å². The molecule has 1 aliphatic heterocycles. The third-order valence-electron chi connectivity index (χ3n) is 2.89. The first kappa shape index (κ1) is 7.10. The molecular weight excluding hydrogens is 140 g/mol. The van der Waals surface area contributed by atoms with Crippen molar-refractivity contribution in [2.45, 2.75) is 31.3 Å². The van der Waals surface area contributed by atoms with E-state index in [1.54, 1.807) is 7.05 Å². The van der Waals surface area contributed by atoms with Crippen LogP contribution in [0.3, 0.4) is 0 Å². The standard InChI is InChI=1S/C8H14N2O/c1-9-8(11)7-5-2-3-6(4-5)10-7/h5-7,10H,2-4H2,1H3,(H,9,11)/t5?,6?,7-/m0/s1. The summed E-state index contributed by atoms with van der Waals surface area (Å²) in [6, 6.07) is 0.737. The van der Waals surface area contributed by atoms with Gasteiger partial charge in [-0.25, -0.2) is 0 Å². The summed E-state index contributed by atoms with van der Waals surface area (Å²) in [7, 11) is 1.70. The van der Waals surface area contributed by atoms with Gasteiger partial charge in [0.25, 0.3) is 0 Å². The second kappa shape index (κ2) is 2.48. The quantitative estimate of drug-likeness (QED) is 0.552. The van der Waals surface area contributed by atoms with Gasteiger partial charge < -0.3 is 10.6 Å². The smallest absolute Gasteiger partial charge is 0.237 e. The van der Waals surface area contributed by atoms with Gasteiger partial charge in [0.2, 0.25) is 5.91 Å². The highest BCUT2D eigenvalue weighted by Gasteiger charge is 2.42. The van der Waals surface area contributed by atoms with Crippen LogP contribution < -0.4 is 10.6 Å². The maximum atomic E-state index is 11.2. The van der Waals surface area contributed by atoms with Crippen molar-refractivity contribution < 1.29 is 4.79 Å². The molecule has 2 fully saturated rings. The van der Waals surface area contributed by atoms with Crippen LogP contribution >= 0.6 is 0 Å². The average Bonchev–Trinajstić information content (AvgIpc) is 2.62. The summed E-state index contributed by atoms with van der Waals surface area (Å²) in [6.45, 7) is 0. The zero-order valence-corrected chi connectivity index (χ0v) is 6.76.